The van der Waals surface area contributed by atoms with Gasteiger partial charge in [0.25, 0.3) is 10.0 Å². The van der Waals surface area contributed by atoms with E-state index in [-0.39, 0.29) is 4.90 Å². The van der Waals surface area contributed by atoms with Crippen LogP contribution >= 0.6 is 11.6 Å². The van der Waals surface area contributed by atoms with Crippen LogP contribution in [0.2, 0.25) is 5.02 Å². The average Bonchev–Trinajstić information content (AvgIpc) is 2.46. The van der Waals surface area contributed by atoms with E-state index in [0.29, 0.717) is 10.7 Å². The van der Waals surface area contributed by atoms with Crippen molar-refractivity contribution in [2.75, 3.05) is 16.6 Å². The summed E-state index contributed by atoms with van der Waals surface area (Å²) in [6.07, 6.45) is 1.03. The van der Waals surface area contributed by atoms with Crippen molar-refractivity contribution in [1.29, 1.82) is 0 Å². The molecule has 0 bridgehead atoms. The molecule has 6 heteroatoms. The minimum absolute atomic E-state index is 0.142. The second kappa shape index (κ2) is 6.83. The Morgan fingerprint density at radius 1 is 1.05 bits per heavy atom. The molecule has 0 unspecified atom stereocenters. The van der Waals surface area contributed by atoms with Gasteiger partial charge in [-0.05, 0) is 48.9 Å². The van der Waals surface area contributed by atoms with E-state index in [4.69, 9.17) is 11.6 Å². The third kappa shape index (κ3) is 4.37. The average molecular weight is 325 g/mol. The molecule has 0 aliphatic heterocycles. The Bertz CT molecular complexity index is 700. The normalized spacial score (nSPS) is 11.1. The van der Waals surface area contributed by atoms with Gasteiger partial charge in [0.05, 0.1) is 4.90 Å². The van der Waals surface area contributed by atoms with Gasteiger partial charge in [-0.3, -0.25) is 4.72 Å². The Labute approximate surface area is 130 Å². The number of hydrogen-bond acceptors (Lipinski definition) is 3. The van der Waals surface area contributed by atoms with Crippen LogP contribution in [-0.2, 0) is 10.0 Å². The highest BCUT2D eigenvalue weighted by atomic mass is 35.5. The maximum atomic E-state index is 12.2. The summed E-state index contributed by atoms with van der Waals surface area (Å²) in [5.74, 6) is 0. The molecule has 2 aromatic rings. The summed E-state index contributed by atoms with van der Waals surface area (Å²) in [6, 6.07) is 13.3. The Balaban J connectivity index is 2.13. The van der Waals surface area contributed by atoms with Crippen molar-refractivity contribution in [1.82, 2.24) is 0 Å². The van der Waals surface area contributed by atoms with E-state index in [0.717, 1.165) is 18.7 Å². The molecular formula is C15H17ClN2O2S. The van der Waals surface area contributed by atoms with E-state index < -0.39 is 10.0 Å². The number of benzene rings is 2. The van der Waals surface area contributed by atoms with Gasteiger partial charge >= 0.3 is 0 Å². The monoisotopic (exact) mass is 324 g/mol. The van der Waals surface area contributed by atoms with Crippen molar-refractivity contribution in [3.05, 3.63) is 53.6 Å². The van der Waals surface area contributed by atoms with Gasteiger partial charge in [0.2, 0.25) is 0 Å². The lowest BCUT2D eigenvalue weighted by molar-refractivity contribution is 0.601. The lowest BCUT2D eigenvalue weighted by Gasteiger charge is -2.10. The van der Waals surface area contributed by atoms with Crippen LogP contribution in [0.4, 0.5) is 11.4 Å². The maximum Gasteiger partial charge on any atom is 0.261 e. The van der Waals surface area contributed by atoms with Crippen molar-refractivity contribution in [2.45, 2.75) is 18.2 Å². The van der Waals surface area contributed by atoms with Gasteiger partial charge in [-0.1, -0.05) is 24.6 Å². The van der Waals surface area contributed by atoms with Crippen LogP contribution in [0, 0.1) is 0 Å². The number of hydrogen-bond donors (Lipinski definition) is 2. The van der Waals surface area contributed by atoms with Crippen LogP contribution < -0.4 is 10.0 Å². The summed E-state index contributed by atoms with van der Waals surface area (Å²) >= 11 is 5.82. The summed E-state index contributed by atoms with van der Waals surface area (Å²) in [6.45, 7) is 2.97. The third-order valence-electron chi connectivity index (χ3n) is 2.82. The van der Waals surface area contributed by atoms with Crippen molar-refractivity contribution in [3.63, 3.8) is 0 Å². The number of halogens is 1. The first-order valence-electron chi connectivity index (χ1n) is 6.63. The Morgan fingerprint density at radius 2 is 1.71 bits per heavy atom. The van der Waals surface area contributed by atoms with E-state index in [9.17, 15) is 8.42 Å². The zero-order valence-corrected chi connectivity index (χ0v) is 13.2. The van der Waals surface area contributed by atoms with Crippen molar-refractivity contribution in [2.24, 2.45) is 0 Å². The van der Waals surface area contributed by atoms with Gasteiger partial charge in [0, 0.05) is 22.9 Å². The van der Waals surface area contributed by atoms with Crippen LogP contribution in [0.3, 0.4) is 0 Å². The van der Waals surface area contributed by atoms with Gasteiger partial charge in [-0.2, -0.15) is 0 Å². The van der Waals surface area contributed by atoms with Gasteiger partial charge in [0.1, 0.15) is 0 Å². The second-order valence-electron chi connectivity index (χ2n) is 4.57. The molecule has 2 N–H and O–H groups in total. The minimum atomic E-state index is -3.62. The molecule has 0 heterocycles. The lowest BCUT2D eigenvalue weighted by Crippen LogP contribution is -2.12. The first-order chi connectivity index (χ1) is 10.0. The van der Waals surface area contributed by atoms with Crippen LogP contribution in [0.15, 0.2) is 53.4 Å². The fraction of sp³-hybridized carbons (Fsp3) is 0.200. The molecule has 0 aliphatic carbocycles. The predicted molar refractivity (Wildman–Crippen MR) is 87.5 cm³/mol. The highest BCUT2D eigenvalue weighted by Crippen LogP contribution is 2.20. The maximum absolute atomic E-state index is 12.2. The summed E-state index contributed by atoms with van der Waals surface area (Å²) in [5, 5.41) is 3.61. The van der Waals surface area contributed by atoms with Gasteiger partial charge in [-0.25, -0.2) is 8.42 Å². The Morgan fingerprint density at radius 3 is 2.33 bits per heavy atom. The molecule has 0 spiro atoms. The van der Waals surface area contributed by atoms with E-state index >= 15 is 0 Å². The van der Waals surface area contributed by atoms with E-state index in [1.807, 2.05) is 12.1 Å². The molecule has 0 atom stereocenters. The van der Waals surface area contributed by atoms with Crippen molar-refractivity contribution < 1.29 is 8.42 Å². The summed E-state index contributed by atoms with van der Waals surface area (Å²) in [4.78, 5) is 0.142. The topological polar surface area (TPSA) is 58.2 Å². The number of sulfonamides is 1. The molecule has 0 aliphatic rings. The fourth-order valence-electron chi connectivity index (χ4n) is 1.77. The first-order valence-corrected chi connectivity index (χ1v) is 8.50. The molecule has 0 aromatic heterocycles. The molecule has 2 rings (SSSR count). The Kier molecular flexibility index (Phi) is 5.09. The number of nitrogens with one attached hydrogen (secondary N) is 2. The lowest BCUT2D eigenvalue weighted by atomic mass is 10.3. The molecule has 0 radical (unpaired) electrons. The third-order valence-corrected chi connectivity index (χ3v) is 4.44. The van der Waals surface area contributed by atoms with Crippen LogP contribution in [0.25, 0.3) is 0 Å². The van der Waals surface area contributed by atoms with Crippen molar-refractivity contribution >= 4 is 33.0 Å². The fourth-order valence-corrected chi connectivity index (χ4v) is 3.13. The smallest absolute Gasteiger partial charge is 0.261 e. The predicted octanol–water partition coefficient (Wildman–Crippen LogP) is 3.96. The number of rotatable bonds is 6. The van der Waals surface area contributed by atoms with Crippen LogP contribution in [0.1, 0.15) is 13.3 Å². The first kappa shape index (κ1) is 15.7. The van der Waals surface area contributed by atoms with Gasteiger partial charge < -0.3 is 5.32 Å². The molecule has 21 heavy (non-hydrogen) atoms. The molecule has 0 saturated heterocycles. The van der Waals surface area contributed by atoms with Crippen LogP contribution in [-0.4, -0.2) is 15.0 Å². The SMILES string of the molecule is CCCNc1ccc(NS(=O)(=O)c2cccc(Cl)c2)cc1. The molecule has 0 fully saturated rings. The highest BCUT2D eigenvalue weighted by Gasteiger charge is 2.14. The highest BCUT2D eigenvalue weighted by molar-refractivity contribution is 7.92. The standard InChI is InChI=1S/C15H17ClN2O2S/c1-2-10-17-13-6-8-14(9-7-13)18-21(19,20)15-5-3-4-12(16)11-15/h3-9,11,17-18H,2,10H2,1H3. The van der Waals surface area contributed by atoms with Gasteiger partial charge in [-0.15, -0.1) is 0 Å². The quantitative estimate of drug-likeness (QED) is 0.845. The van der Waals surface area contributed by atoms with E-state index in [1.165, 1.54) is 12.1 Å². The van der Waals surface area contributed by atoms with Gasteiger partial charge in [0.15, 0.2) is 0 Å². The summed E-state index contributed by atoms with van der Waals surface area (Å²) in [7, 11) is -3.62. The molecule has 4 nitrogen and oxygen atoms in total. The molecular weight excluding hydrogens is 308 g/mol. The second-order valence-corrected chi connectivity index (χ2v) is 6.69. The van der Waals surface area contributed by atoms with E-state index in [2.05, 4.69) is 17.0 Å². The zero-order valence-electron chi connectivity index (χ0n) is 11.6. The Hall–Kier alpha value is -1.72. The molecule has 0 saturated carbocycles. The zero-order chi connectivity index (χ0) is 15.3. The molecule has 112 valence electrons. The largest absolute Gasteiger partial charge is 0.385 e. The number of anilines is 2. The summed E-state index contributed by atoms with van der Waals surface area (Å²) < 4.78 is 27.0. The summed E-state index contributed by atoms with van der Waals surface area (Å²) in [5.41, 5.74) is 1.47. The molecule has 2 aromatic carbocycles. The van der Waals surface area contributed by atoms with E-state index in [1.54, 1.807) is 24.3 Å². The molecule has 0 amide bonds. The van der Waals surface area contributed by atoms with Crippen LogP contribution in [0.5, 0.6) is 0 Å². The van der Waals surface area contributed by atoms with Crippen molar-refractivity contribution in [3.8, 4) is 0 Å². The minimum Gasteiger partial charge on any atom is -0.385 e.